The van der Waals surface area contributed by atoms with Gasteiger partial charge in [-0.15, -0.1) is 25.6 Å². The first-order valence-electron chi connectivity index (χ1n) is 5.13. The maximum Gasteiger partial charge on any atom is 0.573 e. The molecule has 0 unspecified atom stereocenters. The van der Waals surface area contributed by atoms with E-state index in [0.29, 0.717) is 6.42 Å². The summed E-state index contributed by atoms with van der Waals surface area (Å²) in [6.45, 7) is 1.69. The van der Waals surface area contributed by atoms with Gasteiger partial charge in [0.2, 0.25) is 0 Å². The van der Waals surface area contributed by atoms with Gasteiger partial charge in [0.15, 0.2) is 0 Å². The zero-order chi connectivity index (χ0) is 13.1. The molecule has 0 fully saturated rings. The number of halogens is 4. The van der Waals surface area contributed by atoms with Crippen molar-refractivity contribution >= 4 is 12.4 Å². The quantitative estimate of drug-likeness (QED) is 0.894. The minimum absolute atomic E-state index is 0. The van der Waals surface area contributed by atoms with E-state index < -0.39 is 18.5 Å². The predicted molar refractivity (Wildman–Crippen MR) is 63.6 cm³/mol. The molecule has 2 atom stereocenters. The molecule has 18 heavy (non-hydrogen) atoms. The Morgan fingerprint density at radius 1 is 1.33 bits per heavy atom. The lowest BCUT2D eigenvalue weighted by Crippen LogP contribution is -2.27. The van der Waals surface area contributed by atoms with E-state index in [1.165, 1.54) is 18.2 Å². The number of para-hydroxylation sites is 1. The van der Waals surface area contributed by atoms with E-state index >= 15 is 0 Å². The summed E-state index contributed by atoms with van der Waals surface area (Å²) in [5, 5.41) is 9.54. The predicted octanol–water partition coefficient (Wildman–Crippen LogP) is 2.78. The number of hydrogen-bond acceptors (Lipinski definition) is 3. The number of alkyl halides is 3. The van der Waals surface area contributed by atoms with Gasteiger partial charge in [0, 0.05) is 5.56 Å². The van der Waals surface area contributed by atoms with Crippen LogP contribution in [0.15, 0.2) is 24.3 Å². The first-order chi connectivity index (χ1) is 7.85. The monoisotopic (exact) mass is 285 g/mol. The van der Waals surface area contributed by atoms with Gasteiger partial charge >= 0.3 is 6.36 Å². The van der Waals surface area contributed by atoms with Crippen molar-refractivity contribution in [1.29, 1.82) is 0 Å². The number of hydrogen-bond donors (Lipinski definition) is 2. The second-order valence-electron chi connectivity index (χ2n) is 3.59. The summed E-state index contributed by atoms with van der Waals surface area (Å²) in [6, 6.07) is 4.63. The molecule has 0 amide bonds. The van der Waals surface area contributed by atoms with Crippen molar-refractivity contribution in [3.05, 3.63) is 29.8 Å². The van der Waals surface area contributed by atoms with Crippen LogP contribution in [0, 0.1) is 0 Å². The van der Waals surface area contributed by atoms with Crippen LogP contribution in [0.2, 0.25) is 0 Å². The number of ether oxygens (including phenoxy) is 1. The standard InChI is InChI=1S/C11H14F3NO2.ClH/c1-2-8(16)10(15)7-5-3-4-6-9(7)17-11(12,13)14;/h3-6,8,10,16H,2,15H2,1H3;1H/t8-,10+;/m1./s1. The molecular formula is C11H15ClF3NO2. The molecule has 1 aromatic carbocycles. The van der Waals surface area contributed by atoms with Gasteiger partial charge in [-0.2, -0.15) is 0 Å². The molecule has 0 saturated carbocycles. The highest BCUT2D eigenvalue weighted by Gasteiger charge is 2.33. The molecular weight excluding hydrogens is 271 g/mol. The molecule has 0 aromatic heterocycles. The van der Waals surface area contributed by atoms with Gasteiger partial charge in [-0.25, -0.2) is 0 Å². The average Bonchev–Trinajstić information content (AvgIpc) is 2.25. The van der Waals surface area contributed by atoms with Crippen LogP contribution in [-0.2, 0) is 0 Å². The minimum atomic E-state index is -4.77. The lowest BCUT2D eigenvalue weighted by molar-refractivity contribution is -0.275. The van der Waals surface area contributed by atoms with Crippen LogP contribution in [0.3, 0.4) is 0 Å². The average molecular weight is 286 g/mol. The fourth-order valence-corrected chi connectivity index (χ4v) is 1.43. The van der Waals surface area contributed by atoms with Crippen molar-refractivity contribution < 1.29 is 23.0 Å². The minimum Gasteiger partial charge on any atom is -0.405 e. The largest absolute Gasteiger partial charge is 0.573 e. The van der Waals surface area contributed by atoms with Gasteiger partial charge in [-0.3, -0.25) is 0 Å². The molecule has 3 N–H and O–H groups in total. The fourth-order valence-electron chi connectivity index (χ4n) is 1.43. The van der Waals surface area contributed by atoms with Crippen molar-refractivity contribution in [3.8, 4) is 5.75 Å². The van der Waals surface area contributed by atoms with Crippen LogP contribution in [0.4, 0.5) is 13.2 Å². The molecule has 0 aliphatic carbocycles. The fraction of sp³-hybridized carbons (Fsp3) is 0.455. The lowest BCUT2D eigenvalue weighted by Gasteiger charge is -2.21. The molecule has 0 bridgehead atoms. The third-order valence-electron chi connectivity index (χ3n) is 2.34. The molecule has 1 aromatic rings. The van der Waals surface area contributed by atoms with E-state index in [1.807, 2.05) is 0 Å². The summed E-state index contributed by atoms with van der Waals surface area (Å²) >= 11 is 0. The zero-order valence-corrected chi connectivity index (χ0v) is 10.5. The van der Waals surface area contributed by atoms with E-state index in [-0.39, 0.29) is 23.7 Å². The summed E-state index contributed by atoms with van der Waals surface area (Å²) < 4.78 is 40.3. The van der Waals surface area contributed by atoms with Gasteiger partial charge in [0.1, 0.15) is 5.75 Å². The Hall–Kier alpha value is -0.980. The number of nitrogens with two attached hydrogens (primary N) is 1. The van der Waals surface area contributed by atoms with Gasteiger partial charge in [-0.1, -0.05) is 25.1 Å². The Morgan fingerprint density at radius 3 is 2.39 bits per heavy atom. The van der Waals surface area contributed by atoms with E-state index in [0.717, 1.165) is 0 Å². The van der Waals surface area contributed by atoms with Crippen molar-refractivity contribution in [3.63, 3.8) is 0 Å². The van der Waals surface area contributed by atoms with Gasteiger partial charge in [0.25, 0.3) is 0 Å². The van der Waals surface area contributed by atoms with E-state index in [9.17, 15) is 18.3 Å². The molecule has 0 radical (unpaired) electrons. The summed E-state index contributed by atoms with van der Waals surface area (Å²) in [5.41, 5.74) is 5.81. The molecule has 0 aliphatic heterocycles. The molecule has 0 aliphatic rings. The molecule has 1 rings (SSSR count). The second-order valence-corrected chi connectivity index (χ2v) is 3.59. The second kappa shape index (κ2) is 6.82. The summed E-state index contributed by atoms with van der Waals surface area (Å²) in [6.07, 6.45) is -5.33. The molecule has 3 nitrogen and oxygen atoms in total. The van der Waals surface area contributed by atoms with Crippen LogP contribution >= 0.6 is 12.4 Å². The highest BCUT2D eigenvalue weighted by atomic mass is 35.5. The number of benzene rings is 1. The normalized spacial score (nSPS) is 14.6. The Labute approximate surface area is 109 Å². The molecule has 0 spiro atoms. The molecule has 104 valence electrons. The molecule has 7 heteroatoms. The van der Waals surface area contributed by atoms with Crippen LogP contribution in [0.25, 0.3) is 0 Å². The summed E-state index contributed by atoms with van der Waals surface area (Å²) in [7, 11) is 0. The van der Waals surface area contributed by atoms with E-state index in [1.54, 1.807) is 13.0 Å². The van der Waals surface area contributed by atoms with Crippen molar-refractivity contribution in [2.45, 2.75) is 31.9 Å². The summed E-state index contributed by atoms with van der Waals surface area (Å²) in [5.74, 6) is -0.375. The van der Waals surface area contributed by atoms with Crippen LogP contribution < -0.4 is 10.5 Å². The van der Waals surface area contributed by atoms with Gasteiger partial charge < -0.3 is 15.6 Å². The Bertz CT molecular complexity index is 374. The third-order valence-corrected chi connectivity index (χ3v) is 2.34. The number of rotatable bonds is 4. The smallest absolute Gasteiger partial charge is 0.405 e. The number of aliphatic hydroxyl groups excluding tert-OH is 1. The maximum absolute atomic E-state index is 12.1. The van der Waals surface area contributed by atoms with Crippen LogP contribution in [-0.4, -0.2) is 17.6 Å². The Kier molecular flexibility index (Phi) is 6.45. The van der Waals surface area contributed by atoms with Crippen LogP contribution in [0.5, 0.6) is 5.75 Å². The number of aliphatic hydroxyl groups is 1. The maximum atomic E-state index is 12.1. The topological polar surface area (TPSA) is 55.5 Å². The Morgan fingerprint density at radius 2 is 1.89 bits per heavy atom. The van der Waals surface area contributed by atoms with Crippen molar-refractivity contribution in [2.75, 3.05) is 0 Å². The molecule has 0 heterocycles. The van der Waals surface area contributed by atoms with Gasteiger partial charge in [0.05, 0.1) is 12.1 Å². The third kappa shape index (κ3) is 4.72. The van der Waals surface area contributed by atoms with Crippen molar-refractivity contribution in [2.24, 2.45) is 5.73 Å². The molecule has 0 saturated heterocycles. The Balaban J connectivity index is 0.00000289. The van der Waals surface area contributed by atoms with E-state index in [2.05, 4.69) is 4.74 Å². The lowest BCUT2D eigenvalue weighted by atomic mass is 10.00. The zero-order valence-electron chi connectivity index (χ0n) is 9.65. The first kappa shape index (κ1) is 17.0. The van der Waals surface area contributed by atoms with E-state index in [4.69, 9.17) is 5.73 Å². The first-order valence-corrected chi connectivity index (χ1v) is 5.13. The summed E-state index contributed by atoms with van der Waals surface area (Å²) in [4.78, 5) is 0. The highest BCUT2D eigenvalue weighted by molar-refractivity contribution is 5.85. The van der Waals surface area contributed by atoms with Gasteiger partial charge in [-0.05, 0) is 12.5 Å². The van der Waals surface area contributed by atoms with Crippen LogP contribution in [0.1, 0.15) is 24.9 Å². The highest BCUT2D eigenvalue weighted by Crippen LogP contribution is 2.30. The SMILES string of the molecule is CC[C@@H](O)[C@@H](N)c1ccccc1OC(F)(F)F.Cl. The van der Waals surface area contributed by atoms with Crippen molar-refractivity contribution in [1.82, 2.24) is 0 Å².